The molecular weight excluding hydrogens is 300 g/mol. The van der Waals surface area contributed by atoms with Gasteiger partial charge in [-0.3, -0.25) is 0 Å². The average molecular weight is 314 g/mol. The van der Waals surface area contributed by atoms with E-state index in [1.54, 1.807) is 0 Å². The van der Waals surface area contributed by atoms with E-state index in [4.69, 9.17) is 11.6 Å². The van der Waals surface area contributed by atoms with Crippen LogP contribution in [0.4, 0.5) is 26.4 Å². The van der Waals surface area contributed by atoms with Crippen molar-refractivity contribution in [2.45, 2.75) is 13.3 Å². The fourth-order valence-electron chi connectivity index (χ4n) is 1.76. The predicted octanol–water partition coefficient (Wildman–Crippen LogP) is 3.39. The van der Waals surface area contributed by atoms with E-state index in [-0.39, 0.29) is 16.9 Å². The molecule has 0 atom stereocenters. The van der Waals surface area contributed by atoms with Crippen LogP contribution in [-0.2, 0) is 0 Å². The Morgan fingerprint density at radius 3 is 2.43 bits per heavy atom. The van der Waals surface area contributed by atoms with E-state index in [1.165, 1.54) is 0 Å². The van der Waals surface area contributed by atoms with Gasteiger partial charge in [-0.2, -0.15) is 15.0 Å². The first-order chi connectivity index (χ1) is 9.97. The summed E-state index contributed by atoms with van der Waals surface area (Å²) in [6.07, 6.45) is 0.914. The van der Waals surface area contributed by atoms with Gasteiger partial charge < -0.3 is 10.2 Å². The van der Waals surface area contributed by atoms with Crippen molar-refractivity contribution >= 4 is 29.2 Å². The molecule has 21 heavy (non-hydrogen) atoms. The van der Waals surface area contributed by atoms with Crippen molar-refractivity contribution in [2.75, 3.05) is 23.8 Å². The van der Waals surface area contributed by atoms with E-state index < -0.39 is 11.6 Å². The zero-order chi connectivity index (χ0) is 15.4. The minimum absolute atomic E-state index is 0.00216. The topological polar surface area (TPSA) is 53.9 Å². The van der Waals surface area contributed by atoms with Gasteiger partial charge in [-0.15, -0.1) is 0 Å². The number of nitrogens with one attached hydrogen (secondary N) is 1. The van der Waals surface area contributed by atoms with Gasteiger partial charge in [0.1, 0.15) is 11.6 Å². The quantitative estimate of drug-likeness (QED) is 0.917. The van der Waals surface area contributed by atoms with Crippen LogP contribution in [0.3, 0.4) is 0 Å². The van der Waals surface area contributed by atoms with E-state index in [1.807, 2.05) is 18.9 Å². The molecule has 0 aliphatic heterocycles. The molecule has 0 bridgehead atoms. The smallest absolute Gasteiger partial charge is 0.233 e. The molecule has 0 aliphatic carbocycles. The molecule has 0 saturated heterocycles. The molecular formula is C13H14ClF2N5. The van der Waals surface area contributed by atoms with Crippen molar-refractivity contribution in [1.82, 2.24) is 15.0 Å². The van der Waals surface area contributed by atoms with Gasteiger partial charge in [0.15, 0.2) is 0 Å². The molecule has 1 heterocycles. The van der Waals surface area contributed by atoms with Crippen LogP contribution in [0.1, 0.15) is 13.3 Å². The van der Waals surface area contributed by atoms with E-state index in [0.29, 0.717) is 5.95 Å². The lowest BCUT2D eigenvalue weighted by Gasteiger charge is -2.16. The number of hydrogen-bond donors (Lipinski definition) is 1. The van der Waals surface area contributed by atoms with Crippen LogP contribution in [0.2, 0.25) is 5.28 Å². The summed E-state index contributed by atoms with van der Waals surface area (Å²) in [5, 5.41) is 2.71. The highest BCUT2D eigenvalue weighted by Gasteiger charge is 2.10. The van der Waals surface area contributed by atoms with Crippen LogP contribution in [0.15, 0.2) is 18.2 Å². The lowest BCUT2D eigenvalue weighted by atomic mass is 10.3. The number of benzene rings is 1. The second-order valence-corrected chi connectivity index (χ2v) is 4.77. The lowest BCUT2D eigenvalue weighted by molar-refractivity contribution is 0.584. The third-order valence-corrected chi connectivity index (χ3v) is 2.78. The summed E-state index contributed by atoms with van der Waals surface area (Å²) in [5.41, 5.74) is 0.193. The molecule has 1 N–H and O–H groups in total. The predicted molar refractivity (Wildman–Crippen MR) is 78.0 cm³/mol. The zero-order valence-electron chi connectivity index (χ0n) is 11.6. The molecule has 1 aromatic heterocycles. The van der Waals surface area contributed by atoms with Gasteiger partial charge in [0.05, 0.1) is 0 Å². The highest BCUT2D eigenvalue weighted by atomic mass is 35.5. The molecule has 112 valence electrons. The fourth-order valence-corrected chi connectivity index (χ4v) is 1.91. The molecule has 8 heteroatoms. The Balaban J connectivity index is 2.27. The minimum atomic E-state index is -0.694. The summed E-state index contributed by atoms with van der Waals surface area (Å²) in [6.45, 7) is 2.77. The van der Waals surface area contributed by atoms with Crippen molar-refractivity contribution in [3.8, 4) is 0 Å². The van der Waals surface area contributed by atoms with Gasteiger partial charge >= 0.3 is 0 Å². The van der Waals surface area contributed by atoms with Crippen LogP contribution >= 0.6 is 11.6 Å². The maximum atomic E-state index is 13.2. The first-order valence-electron chi connectivity index (χ1n) is 6.33. The van der Waals surface area contributed by atoms with Crippen molar-refractivity contribution < 1.29 is 8.78 Å². The molecule has 0 saturated carbocycles. The lowest BCUT2D eigenvalue weighted by Crippen LogP contribution is -2.21. The van der Waals surface area contributed by atoms with Gasteiger partial charge in [-0.05, 0) is 30.2 Å². The Kier molecular flexibility index (Phi) is 4.85. The summed E-state index contributed by atoms with van der Waals surface area (Å²) in [7, 11) is 1.82. The van der Waals surface area contributed by atoms with Crippen LogP contribution in [-0.4, -0.2) is 28.5 Å². The van der Waals surface area contributed by atoms with Crippen LogP contribution in [0.5, 0.6) is 0 Å². The first kappa shape index (κ1) is 15.4. The summed E-state index contributed by atoms with van der Waals surface area (Å²) in [4.78, 5) is 13.9. The van der Waals surface area contributed by atoms with Gasteiger partial charge in [-0.1, -0.05) is 6.92 Å². The highest BCUT2D eigenvalue weighted by Crippen LogP contribution is 2.19. The number of aromatic nitrogens is 3. The van der Waals surface area contributed by atoms with Gasteiger partial charge in [-0.25, -0.2) is 8.78 Å². The van der Waals surface area contributed by atoms with Crippen molar-refractivity contribution in [1.29, 1.82) is 0 Å². The summed E-state index contributed by atoms with van der Waals surface area (Å²) in [5.74, 6) is -0.879. The Morgan fingerprint density at radius 2 is 1.81 bits per heavy atom. The number of nitrogens with zero attached hydrogens (tertiary/aromatic N) is 4. The number of halogens is 3. The normalized spacial score (nSPS) is 10.5. The van der Waals surface area contributed by atoms with Gasteiger partial charge in [0.2, 0.25) is 17.2 Å². The van der Waals surface area contributed by atoms with Gasteiger partial charge in [0, 0.05) is 25.3 Å². The number of hydrogen-bond acceptors (Lipinski definition) is 5. The Labute approximate surface area is 126 Å². The largest absolute Gasteiger partial charge is 0.344 e. The maximum Gasteiger partial charge on any atom is 0.233 e. The second-order valence-electron chi connectivity index (χ2n) is 4.43. The van der Waals surface area contributed by atoms with Crippen molar-refractivity contribution in [2.24, 2.45) is 0 Å². The molecule has 0 aliphatic rings. The van der Waals surface area contributed by atoms with Crippen LogP contribution in [0, 0.1) is 11.6 Å². The zero-order valence-corrected chi connectivity index (χ0v) is 12.3. The van der Waals surface area contributed by atoms with E-state index in [9.17, 15) is 8.78 Å². The fraction of sp³-hybridized carbons (Fsp3) is 0.308. The second kappa shape index (κ2) is 6.62. The van der Waals surface area contributed by atoms with E-state index in [0.717, 1.165) is 31.2 Å². The SMILES string of the molecule is CCCN(C)c1nc(Cl)nc(Nc2cc(F)cc(F)c2)n1. The minimum Gasteiger partial charge on any atom is -0.344 e. The summed E-state index contributed by atoms with van der Waals surface area (Å²) < 4.78 is 26.3. The third-order valence-electron chi connectivity index (χ3n) is 2.62. The Hall–Kier alpha value is -2.02. The molecule has 1 aromatic carbocycles. The molecule has 5 nitrogen and oxygen atoms in total. The average Bonchev–Trinajstić information content (AvgIpc) is 2.36. The summed E-state index contributed by atoms with van der Waals surface area (Å²) >= 11 is 5.85. The highest BCUT2D eigenvalue weighted by molar-refractivity contribution is 6.28. The van der Waals surface area contributed by atoms with Crippen LogP contribution in [0.25, 0.3) is 0 Å². The molecule has 2 aromatic rings. The molecule has 0 radical (unpaired) electrons. The van der Waals surface area contributed by atoms with Crippen molar-refractivity contribution in [3.63, 3.8) is 0 Å². The molecule has 0 unspecified atom stereocenters. The van der Waals surface area contributed by atoms with Crippen molar-refractivity contribution in [3.05, 3.63) is 35.1 Å². The number of anilines is 3. The maximum absolute atomic E-state index is 13.2. The molecule has 0 amide bonds. The first-order valence-corrected chi connectivity index (χ1v) is 6.71. The van der Waals surface area contributed by atoms with Gasteiger partial charge in [0.25, 0.3) is 0 Å². The molecule has 2 rings (SSSR count). The number of rotatable bonds is 5. The van der Waals surface area contributed by atoms with E-state index in [2.05, 4.69) is 20.3 Å². The van der Waals surface area contributed by atoms with E-state index >= 15 is 0 Å². The third kappa shape index (κ3) is 4.22. The monoisotopic (exact) mass is 313 g/mol. The standard InChI is InChI=1S/C13H14ClF2N5/c1-3-4-21(2)13-19-11(14)18-12(20-13)17-10-6-8(15)5-9(16)7-10/h5-7H,3-4H2,1-2H3,(H,17,18,19,20). The molecule has 0 spiro atoms. The van der Waals surface area contributed by atoms with Crippen LogP contribution < -0.4 is 10.2 Å². The Bertz CT molecular complexity index is 618. The molecule has 0 fully saturated rings. The Morgan fingerprint density at radius 1 is 1.14 bits per heavy atom. The summed E-state index contributed by atoms with van der Waals surface area (Å²) in [6, 6.07) is 3.05.